The van der Waals surface area contributed by atoms with E-state index in [2.05, 4.69) is 10.3 Å². The summed E-state index contributed by atoms with van der Waals surface area (Å²) in [5.41, 5.74) is 0.310. The first-order valence-corrected chi connectivity index (χ1v) is 8.91. The van der Waals surface area contributed by atoms with Gasteiger partial charge >= 0.3 is 5.97 Å². The number of esters is 1. The number of ether oxygens (including phenoxy) is 1. The minimum absolute atomic E-state index is 0.0421. The standard InChI is InChI=1S/C18H18ClN3O5/c19-16-13(6-3-8-20-16)21-14(23)10-27-15(24)7-9-22-17(25)11-4-1-2-5-12(11)18(22)26/h1-3,6,8,11-12H,4-5,7,9-10H2,(H,21,23)/t11-,12+. The third-order valence-corrected chi connectivity index (χ3v) is 4.84. The van der Waals surface area contributed by atoms with Crippen molar-refractivity contribution in [2.75, 3.05) is 18.5 Å². The number of carbonyl (C=O) groups is 4. The fraction of sp³-hybridized carbons (Fsp3) is 0.389. The molecule has 1 aliphatic carbocycles. The van der Waals surface area contributed by atoms with Gasteiger partial charge < -0.3 is 10.1 Å². The van der Waals surface area contributed by atoms with E-state index < -0.39 is 18.5 Å². The van der Waals surface area contributed by atoms with Crippen LogP contribution in [0.4, 0.5) is 5.69 Å². The number of carbonyl (C=O) groups excluding carboxylic acids is 4. The second-order valence-electron chi connectivity index (χ2n) is 6.28. The Balaban J connectivity index is 1.43. The molecule has 1 aliphatic heterocycles. The molecule has 2 heterocycles. The van der Waals surface area contributed by atoms with E-state index >= 15 is 0 Å². The van der Waals surface area contributed by atoms with Crippen LogP contribution >= 0.6 is 11.6 Å². The fourth-order valence-corrected chi connectivity index (χ4v) is 3.34. The molecule has 1 aromatic heterocycles. The van der Waals surface area contributed by atoms with Crippen LogP contribution in [-0.2, 0) is 23.9 Å². The van der Waals surface area contributed by atoms with Crippen molar-refractivity contribution in [2.45, 2.75) is 19.3 Å². The quantitative estimate of drug-likeness (QED) is 0.341. The van der Waals surface area contributed by atoms with Crippen molar-refractivity contribution in [3.05, 3.63) is 35.6 Å². The lowest BCUT2D eigenvalue weighted by atomic mass is 9.85. The van der Waals surface area contributed by atoms with E-state index in [4.69, 9.17) is 16.3 Å². The van der Waals surface area contributed by atoms with Gasteiger partial charge in [0.15, 0.2) is 11.8 Å². The molecular formula is C18H18ClN3O5. The number of hydrogen-bond acceptors (Lipinski definition) is 6. The number of nitrogens with zero attached hydrogens (tertiary/aromatic N) is 2. The van der Waals surface area contributed by atoms with Crippen molar-refractivity contribution in [3.63, 3.8) is 0 Å². The molecule has 142 valence electrons. The molecule has 1 aromatic rings. The Kier molecular flexibility index (Phi) is 5.85. The monoisotopic (exact) mass is 391 g/mol. The van der Waals surface area contributed by atoms with Gasteiger partial charge in [0, 0.05) is 12.7 Å². The molecule has 0 unspecified atom stereocenters. The normalized spacial score (nSPS) is 21.1. The largest absolute Gasteiger partial charge is 0.456 e. The fourth-order valence-electron chi connectivity index (χ4n) is 3.18. The van der Waals surface area contributed by atoms with Gasteiger partial charge in [-0.2, -0.15) is 0 Å². The van der Waals surface area contributed by atoms with Crippen LogP contribution in [0.3, 0.4) is 0 Å². The van der Waals surface area contributed by atoms with Crippen LogP contribution in [0.1, 0.15) is 19.3 Å². The number of nitrogens with one attached hydrogen (secondary N) is 1. The molecule has 0 saturated carbocycles. The molecular weight excluding hydrogens is 374 g/mol. The Hall–Kier alpha value is -2.74. The first-order chi connectivity index (χ1) is 13.0. The zero-order valence-electron chi connectivity index (χ0n) is 14.4. The number of allylic oxidation sites excluding steroid dienone is 2. The number of aromatic nitrogens is 1. The molecule has 3 rings (SSSR count). The highest BCUT2D eigenvalue weighted by Crippen LogP contribution is 2.35. The minimum Gasteiger partial charge on any atom is -0.456 e. The average Bonchev–Trinajstić information content (AvgIpc) is 2.91. The Bertz CT molecular complexity index is 784. The van der Waals surface area contributed by atoms with E-state index in [0.717, 1.165) is 4.90 Å². The van der Waals surface area contributed by atoms with E-state index in [9.17, 15) is 19.2 Å². The second-order valence-corrected chi connectivity index (χ2v) is 6.64. The number of imide groups is 1. The lowest BCUT2D eigenvalue weighted by Crippen LogP contribution is -2.33. The van der Waals surface area contributed by atoms with Gasteiger partial charge in [0.25, 0.3) is 5.91 Å². The Morgan fingerprint density at radius 3 is 2.52 bits per heavy atom. The topological polar surface area (TPSA) is 106 Å². The summed E-state index contributed by atoms with van der Waals surface area (Å²) in [5.74, 6) is -2.38. The molecule has 2 atom stereocenters. The van der Waals surface area contributed by atoms with Gasteiger partial charge in [0.05, 0.1) is 23.9 Å². The Morgan fingerprint density at radius 2 is 1.89 bits per heavy atom. The molecule has 1 fully saturated rings. The summed E-state index contributed by atoms with van der Waals surface area (Å²) in [7, 11) is 0. The zero-order chi connectivity index (χ0) is 19.4. The van der Waals surface area contributed by atoms with Gasteiger partial charge in [0.2, 0.25) is 11.8 Å². The van der Waals surface area contributed by atoms with Crippen LogP contribution in [0.2, 0.25) is 5.15 Å². The van der Waals surface area contributed by atoms with Gasteiger partial charge in [-0.05, 0) is 25.0 Å². The van der Waals surface area contributed by atoms with Crippen LogP contribution in [0, 0.1) is 11.8 Å². The van der Waals surface area contributed by atoms with Gasteiger partial charge in [-0.3, -0.25) is 24.1 Å². The molecule has 1 saturated heterocycles. The van der Waals surface area contributed by atoms with E-state index in [1.54, 1.807) is 12.1 Å². The average molecular weight is 392 g/mol. The maximum atomic E-state index is 12.3. The highest BCUT2D eigenvalue weighted by molar-refractivity contribution is 6.32. The number of anilines is 1. The molecule has 1 N–H and O–H groups in total. The van der Waals surface area contributed by atoms with E-state index in [1.165, 1.54) is 6.20 Å². The molecule has 0 aromatic carbocycles. The van der Waals surface area contributed by atoms with Crippen molar-refractivity contribution in [1.29, 1.82) is 0 Å². The molecule has 0 radical (unpaired) electrons. The summed E-state index contributed by atoms with van der Waals surface area (Å²) in [5, 5.41) is 2.60. The first kappa shape index (κ1) is 19.0. The van der Waals surface area contributed by atoms with Crippen LogP contribution in [0.15, 0.2) is 30.5 Å². The molecule has 0 bridgehead atoms. The van der Waals surface area contributed by atoms with Crippen molar-refractivity contribution in [3.8, 4) is 0 Å². The first-order valence-electron chi connectivity index (χ1n) is 8.53. The Labute approximate surface area is 160 Å². The number of likely N-dealkylation sites (tertiary alicyclic amines) is 1. The highest BCUT2D eigenvalue weighted by Gasteiger charge is 2.46. The SMILES string of the molecule is O=C(COC(=O)CCN1C(=O)[C@H]2CC=CC[C@H]2C1=O)Nc1cccnc1Cl. The van der Waals surface area contributed by atoms with Crippen molar-refractivity contribution >= 4 is 41.0 Å². The van der Waals surface area contributed by atoms with Gasteiger partial charge in [0.1, 0.15) is 0 Å². The van der Waals surface area contributed by atoms with Crippen LogP contribution in [-0.4, -0.2) is 46.7 Å². The number of fused-ring (bicyclic) bond motifs is 1. The molecule has 3 amide bonds. The smallest absolute Gasteiger partial charge is 0.308 e. The maximum Gasteiger partial charge on any atom is 0.308 e. The van der Waals surface area contributed by atoms with Gasteiger partial charge in [-0.1, -0.05) is 23.8 Å². The predicted molar refractivity (Wildman–Crippen MR) is 95.5 cm³/mol. The number of amides is 3. The van der Waals surface area contributed by atoms with Crippen molar-refractivity contribution in [2.24, 2.45) is 11.8 Å². The number of hydrogen-bond donors (Lipinski definition) is 1. The summed E-state index contributed by atoms with van der Waals surface area (Å²) in [6.45, 7) is -0.541. The molecule has 9 heteroatoms. The van der Waals surface area contributed by atoms with E-state index in [1.807, 2.05) is 12.2 Å². The Morgan fingerprint density at radius 1 is 1.22 bits per heavy atom. The summed E-state index contributed by atoms with van der Waals surface area (Å²) in [4.78, 5) is 53.2. The molecule has 0 spiro atoms. The van der Waals surface area contributed by atoms with Gasteiger partial charge in [-0.15, -0.1) is 0 Å². The van der Waals surface area contributed by atoms with E-state index in [0.29, 0.717) is 18.5 Å². The summed E-state index contributed by atoms with van der Waals surface area (Å²) >= 11 is 5.83. The zero-order valence-corrected chi connectivity index (χ0v) is 15.1. The summed E-state index contributed by atoms with van der Waals surface area (Å²) < 4.78 is 4.89. The maximum absolute atomic E-state index is 12.3. The summed E-state index contributed by atoms with van der Waals surface area (Å²) in [6, 6.07) is 3.17. The minimum atomic E-state index is -0.670. The van der Waals surface area contributed by atoms with Crippen LogP contribution in [0.25, 0.3) is 0 Å². The highest BCUT2D eigenvalue weighted by atomic mass is 35.5. The lowest BCUT2D eigenvalue weighted by Gasteiger charge is -2.14. The number of halogens is 1. The number of rotatable bonds is 6. The molecule has 2 aliphatic rings. The van der Waals surface area contributed by atoms with Crippen molar-refractivity contribution in [1.82, 2.24) is 9.88 Å². The number of pyridine rings is 1. The second kappa shape index (κ2) is 8.30. The molecule has 8 nitrogen and oxygen atoms in total. The van der Waals surface area contributed by atoms with E-state index in [-0.39, 0.29) is 41.8 Å². The van der Waals surface area contributed by atoms with Gasteiger partial charge in [-0.25, -0.2) is 4.98 Å². The summed E-state index contributed by atoms with van der Waals surface area (Å²) in [6.07, 6.45) is 6.21. The lowest BCUT2D eigenvalue weighted by molar-refractivity contribution is -0.148. The van der Waals surface area contributed by atoms with Crippen molar-refractivity contribution < 1.29 is 23.9 Å². The van der Waals surface area contributed by atoms with Crippen LogP contribution < -0.4 is 5.32 Å². The molecule has 27 heavy (non-hydrogen) atoms. The third kappa shape index (κ3) is 4.33. The third-order valence-electron chi connectivity index (χ3n) is 4.54. The predicted octanol–water partition coefficient (Wildman–Crippen LogP) is 1.56. The van der Waals surface area contributed by atoms with Crippen LogP contribution in [0.5, 0.6) is 0 Å².